The lowest BCUT2D eigenvalue weighted by atomic mass is 10.1. The van der Waals surface area contributed by atoms with Crippen molar-refractivity contribution in [1.29, 1.82) is 0 Å². The van der Waals surface area contributed by atoms with E-state index >= 15 is 0 Å². The third-order valence-corrected chi connectivity index (χ3v) is 5.31. The number of hydrogen-bond acceptors (Lipinski definition) is 5. The van der Waals surface area contributed by atoms with Gasteiger partial charge in [-0.05, 0) is 38.4 Å². The molecular formula is C21H28N4O3. The van der Waals surface area contributed by atoms with Crippen LogP contribution in [0.1, 0.15) is 48.5 Å². The lowest BCUT2D eigenvalue weighted by Gasteiger charge is -2.20. The van der Waals surface area contributed by atoms with E-state index in [-0.39, 0.29) is 36.8 Å². The lowest BCUT2D eigenvalue weighted by Crippen LogP contribution is -2.45. The van der Waals surface area contributed by atoms with E-state index in [0.29, 0.717) is 0 Å². The minimum atomic E-state index is -0.589. The van der Waals surface area contributed by atoms with Gasteiger partial charge in [0.25, 0.3) is 5.56 Å². The van der Waals surface area contributed by atoms with Gasteiger partial charge in [-0.3, -0.25) is 23.6 Å². The molecule has 150 valence electrons. The number of nitrogens with two attached hydrogens (primary N) is 1. The van der Waals surface area contributed by atoms with E-state index in [1.165, 1.54) is 4.57 Å². The number of nitrogens with zero attached hydrogens (tertiary/aromatic N) is 3. The topological polar surface area (TPSA) is 90.3 Å². The summed E-state index contributed by atoms with van der Waals surface area (Å²) in [6.07, 6.45) is 4.43. The van der Waals surface area contributed by atoms with Crippen molar-refractivity contribution in [3.05, 3.63) is 62.3 Å². The fourth-order valence-electron chi connectivity index (χ4n) is 3.75. The molecule has 1 aromatic heterocycles. The van der Waals surface area contributed by atoms with Crippen molar-refractivity contribution in [2.24, 2.45) is 0 Å². The molecule has 7 nitrogen and oxygen atoms in total. The number of anilines is 1. The van der Waals surface area contributed by atoms with Crippen molar-refractivity contribution >= 4 is 11.6 Å². The first kappa shape index (κ1) is 20.1. The zero-order chi connectivity index (χ0) is 20.1. The van der Waals surface area contributed by atoms with Gasteiger partial charge in [0.1, 0.15) is 11.4 Å². The highest BCUT2D eigenvalue weighted by atomic mass is 16.2. The molecule has 0 radical (unpaired) electrons. The van der Waals surface area contributed by atoms with Gasteiger partial charge in [0.05, 0.1) is 13.1 Å². The van der Waals surface area contributed by atoms with E-state index in [1.54, 1.807) is 6.92 Å². The van der Waals surface area contributed by atoms with Crippen LogP contribution in [0.2, 0.25) is 0 Å². The molecule has 3 rings (SSSR count). The molecular weight excluding hydrogens is 356 g/mol. The maximum absolute atomic E-state index is 13.0. The van der Waals surface area contributed by atoms with E-state index in [2.05, 4.69) is 4.90 Å². The number of Topliss-reactive ketones (excluding diaryl/α,β-unsaturated/α-hetero) is 1. The maximum Gasteiger partial charge on any atom is 0.332 e. The molecule has 0 aliphatic carbocycles. The second-order valence-electron chi connectivity index (χ2n) is 7.28. The first-order valence-electron chi connectivity index (χ1n) is 9.95. The van der Waals surface area contributed by atoms with E-state index in [1.807, 2.05) is 30.3 Å². The Morgan fingerprint density at radius 3 is 2.25 bits per heavy atom. The van der Waals surface area contributed by atoms with Crippen LogP contribution in [0.3, 0.4) is 0 Å². The van der Waals surface area contributed by atoms with E-state index in [9.17, 15) is 14.4 Å². The summed E-state index contributed by atoms with van der Waals surface area (Å²) < 4.78 is 2.42. The number of rotatable bonds is 6. The molecule has 0 spiro atoms. The summed E-state index contributed by atoms with van der Waals surface area (Å²) in [7, 11) is 0. The molecule has 2 N–H and O–H groups in total. The molecule has 0 amide bonds. The first-order chi connectivity index (χ1) is 13.5. The Hall–Kier alpha value is -2.67. The Bertz CT molecular complexity index is 939. The van der Waals surface area contributed by atoms with Gasteiger partial charge in [0.2, 0.25) is 0 Å². The monoisotopic (exact) mass is 384 g/mol. The fraction of sp³-hybridized carbons (Fsp3) is 0.476. The van der Waals surface area contributed by atoms with Crippen LogP contribution in [0.4, 0.5) is 5.82 Å². The first-order valence-corrected chi connectivity index (χ1v) is 9.95. The van der Waals surface area contributed by atoms with Gasteiger partial charge in [-0.25, -0.2) is 4.79 Å². The van der Waals surface area contributed by atoms with Crippen LogP contribution in [0.5, 0.6) is 0 Å². The number of carbonyl (C=O) groups is 1. The van der Waals surface area contributed by atoms with Gasteiger partial charge < -0.3 is 5.73 Å². The largest absolute Gasteiger partial charge is 0.384 e. The van der Waals surface area contributed by atoms with Crippen LogP contribution < -0.4 is 17.0 Å². The number of benzene rings is 1. The number of hydrogen-bond donors (Lipinski definition) is 1. The van der Waals surface area contributed by atoms with Crippen LogP contribution in [-0.2, 0) is 13.1 Å². The van der Waals surface area contributed by atoms with Crippen LogP contribution in [-0.4, -0.2) is 39.5 Å². The molecule has 0 saturated carbocycles. The van der Waals surface area contributed by atoms with Gasteiger partial charge in [-0.15, -0.1) is 0 Å². The minimum Gasteiger partial charge on any atom is -0.384 e. The predicted molar refractivity (Wildman–Crippen MR) is 110 cm³/mol. The zero-order valence-corrected chi connectivity index (χ0v) is 16.4. The average molecular weight is 384 g/mol. The average Bonchev–Trinajstić information content (AvgIpc) is 2.95. The van der Waals surface area contributed by atoms with Crippen LogP contribution >= 0.6 is 0 Å². The van der Waals surface area contributed by atoms with Crippen LogP contribution in [0.15, 0.2) is 39.9 Å². The molecule has 0 unspecified atom stereocenters. The molecule has 0 atom stereocenters. The number of ketones is 1. The van der Waals surface area contributed by atoms with Crippen molar-refractivity contribution in [2.75, 3.05) is 25.4 Å². The third-order valence-electron chi connectivity index (χ3n) is 5.31. The molecule has 0 bridgehead atoms. The van der Waals surface area contributed by atoms with E-state index in [0.717, 1.165) is 48.9 Å². The maximum atomic E-state index is 13.0. The summed E-state index contributed by atoms with van der Waals surface area (Å²) in [5.74, 6) is -0.350. The number of likely N-dealkylation sites (tertiary alicyclic amines) is 1. The lowest BCUT2D eigenvalue weighted by molar-refractivity contribution is 0.0931. The molecule has 1 aliphatic heterocycles. The quantitative estimate of drug-likeness (QED) is 0.766. The minimum absolute atomic E-state index is 0.0385. The highest BCUT2D eigenvalue weighted by Crippen LogP contribution is 2.13. The molecule has 1 saturated heterocycles. The summed E-state index contributed by atoms with van der Waals surface area (Å²) in [4.78, 5) is 40.7. The normalized spacial score (nSPS) is 15.3. The molecule has 28 heavy (non-hydrogen) atoms. The Morgan fingerprint density at radius 2 is 1.64 bits per heavy atom. The molecule has 7 heteroatoms. The van der Waals surface area contributed by atoms with E-state index in [4.69, 9.17) is 5.73 Å². The summed E-state index contributed by atoms with van der Waals surface area (Å²) >= 11 is 0. The third kappa shape index (κ3) is 4.25. The predicted octanol–water partition coefficient (Wildman–Crippen LogP) is 1.72. The van der Waals surface area contributed by atoms with Gasteiger partial charge in [0, 0.05) is 6.54 Å². The Morgan fingerprint density at radius 1 is 1.00 bits per heavy atom. The van der Waals surface area contributed by atoms with Crippen LogP contribution in [0.25, 0.3) is 0 Å². The zero-order valence-electron chi connectivity index (χ0n) is 16.4. The van der Waals surface area contributed by atoms with Crippen molar-refractivity contribution in [2.45, 2.75) is 45.7 Å². The Balaban J connectivity index is 2.00. The highest BCUT2D eigenvalue weighted by molar-refractivity contribution is 6.01. The smallest absolute Gasteiger partial charge is 0.332 e. The molecule has 2 heterocycles. The second kappa shape index (κ2) is 9.01. The van der Waals surface area contributed by atoms with E-state index < -0.39 is 11.2 Å². The summed E-state index contributed by atoms with van der Waals surface area (Å²) in [6.45, 7) is 3.97. The van der Waals surface area contributed by atoms with Crippen molar-refractivity contribution in [1.82, 2.24) is 14.0 Å². The molecule has 2 aromatic rings. The summed E-state index contributed by atoms with van der Waals surface area (Å²) in [6, 6.07) is 9.40. The van der Waals surface area contributed by atoms with Crippen molar-refractivity contribution in [3.63, 3.8) is 0 Å². The van der Waals surface area contributed by atoms with Crippen LogP contribution in [0, 0.1) is 0 Å². The van der Waals surface area contributed by atoms with Crippen molar-refractivity contribution in [3.8, 4) is 0 Å². The van der Waals surface area contributed by atoms with Gasteiger partial charge in [0.15, 0.2) is 5.78 Å². The number of aromatic nitrogens is 2. The number of nitrogen functional groups attached to an aromatic ring is 1. The fourth-order valence-corrected chi connectivity index (χ4v) is 3.75. The van der Waals surface area contributed by atoms with Gasteiger partial charge in [-0.1, -0.05) is 43.2 Å². The number of carbonyl (C=O) groups excluding carboxylic acids is 1. The van der Waals surface area contributed by atoms with Crippen molar-refractivity contribution < 1.29 is 4.79 Å². The summed E-state index contributed by atoms with van der Waals surface area (Å²) in [5, 5.41) is 0. The SMILES string of the molecule is CCn1c(=O)c(C(=O)CN2CCCCCC2)c(N)n(Cc2ccccc2)c1=O. The highest BCUT2D eigenvalue weighted by Gasteiger charge is 2.24. The van der Waals surface area contributed by atoms with Gasteiger partial charge >= 0.3 is 5.69 Å². The Labute approximate surface area is 164 Å². The standard InChI is InChI=1S/C21H28N4O3/c1-2-24-20(27)18(17(26)15-23-12-8-3-4-9-13-23)19(22)25(21(24)28)14-16-10-6-5-7-11-16/h5-7,10-11H,2-4,8-9,12-15,22H2,1H3. The summed E-state index contributed by atoms with van der Waals surface area (Å²) in [5.41, 5.74) is 5.94. The Kier molecular flexibility index (Phi) is 6.46. The molecule has 1 aliphatic rings. The molecule has 1 fully saturated rings. The van der Waals surface area contributed by atoms with Gasteiger partial charge in [-0.2, -0.15) is 0 Å². The molecule has 1 aromatic carbocycles. The second-order valence-corrected chi connectivity index (χ2v) is 7.28.